The van der Waals surface area contributed by atoms with E-state index in [1.807, 2.05) is 13.8 Å². The lowest BCUT2D eigenvalue weighted by Gasteiger charge is -2.06. The summed E-state index contributed by atoms with van der Waals surface area (Å²) in [6.45, 7) is 6.05. The summed E-state index contributed by atoms with van der Waals surface area (Å²) in [6.07, 6.45) is 0. The summed E-state index contributed by atoms with van der Waals surface area (Å²) in [4.78, 5) is 14.2. The van der Waals surface area contributed by atoms with Crippen molar-refractivity contribution in [2.75, 3.05) is 0 Å². The van der Waals surface area contributed by atoms with Gasteiger partial charge in [-0.05, 0) is 38.0 Å². The molecule has 1 N–H and O–H groups in total. The second kappa shape index (κ2) is 5.64. The molecule has 2 nitrogen and oxygen atoms in total. The van der Waals surface area contributed by atoms with Gasteiger partial charge in [-0.25, -0.2) is 0 Å². The van der Waals surface area contributed by atoms with Gasteiger partial charge in [0.1, 0.15) is 0 Å². The number of aromatic amines is 1. The maximum atomic E-state index is 11.3. The Morgan fingerprint density at radius 3 is 2.25 bits per heavy atom. The number of rotatable bonds is 0. The molecule has 1 aromatic carbocycles. The Balaban J connectivity index is 0.000000606. The molecule has 0 aliphatic heterocycles. The van der Waals surface area contributed by atoms with Crippen molar-refractivity contribution in [2.45, 2.75) is 20.8 Å². The van der Waals surface area contributed by atoms with Crippen LogP contribution in [0.2, 0.25) is 0 Å². The lowest BCUT2D eigenvalue weighted by Crippen LogP contribution is -2.05. The second-order valence-electron chi connectivity index (χ2n) is 3.82. The van der Waals surface area contributed by atoms with E-state index in [1.54, 1.807) is 6.07 Å². The van der Waals surface area contributed by atoms with Crippen LogP contribution in [0.1, 0.15) is 16.7 Å². The van der Waals surface area contributed by atoms with Crippen LogP contribution in [0.15, 0.2) is 23.0 Å². The number of pyridine rings is 1. The minimum absolute atomic E-state index is 0.0260. The topological polar surface area (TPSA) is 32.9 Å². The summed E-state index contributed by atoms with van der Waals surface area (Å²) in [6, 6.07) is 5.83. The van der Waals surface area contributed by atoms with Gasteiger partial charge in [0.2, 0.25) is 5.56 Å². The Bertz CT molecular complexity index is 561. The monoisotopic (exact) mass is 345 g/mol. The molecule has 0 saturated carbocycles. The van der Waals surface area contributed by atoms with E-state index in [-0.39, 0.29) is 5.56 Å². The van der Waals surface area contributed by atoms with Crippen molar-refractivity contribution in [3.63, 3.8) is 0 Å². The third kappa shape index (κ3) is 2.74. The summed E-state index contributed by atoms with van der Waals surface area (Å²) in [5, 5.41) is 1.14. The number of H-pyrrole nitrogens is 1. The summed E-state index contributed by atoms with van der Waals surface area (Å²) < 4.78 is 0. The highest BCUT2D eigenvalue weighted by atomic mass is 80.9. The zero-order valence-electron chi connectivity index (χ0n) is 9.40. The van der Waals surface area contributed by atoms with Crippen molar-refractivity contribution in [2.24, 2.45) is 0 Å². The fraction of sp³-hybridized carbons (Fsp3) is 0.250. The molecular formula is C12H13Br2NO. The molecule has 1 aromatic heterocycles. The van der Waals surface area contributed by atoms with E-state index < -0.39 is 0 Å². The minimum atomic E-state index is -0.0260. The van der Waals surface area contributed by atoms with Crippen molar-refractivity contribution in [3.05, 3.63) is 45.2 Å². The number of nitrogens with one attached hydrogen (secondary N) is 1. The molecule has 0 saturated heterocycles. The van der Waals surface area contributed by atoms with Crippen LogP contribution in [0.5, 0.6) is 0 Å². The van der Waals surface area contributed by atoms with Crippen molar-refractivity contribution >= 4 is 39.2 Å². The van der Waals surface area contributed by atoms with Crippen LogP contribution in [-0.4, -0.2) is 4.98 Å². The fourth-order valence-electron chi connectivity index (χ4n) is 1.88. The van der Waals surface area contributed by atoms with Gasteiger partial charge in [-0.2, -0.15) is 0 Å². The Labute approximate surface area is 110 Å². The maximum absolute atomic E-state index is 11.3. The molecule has 86 valence electrons. The second-order valence-corrected chi connectivity index (χ2v) is 3.82. The van der Waals surface area contributed by atoms with E-state index >= 15 is 0 Å². The van der Waals surface area contributed by atoms with Crippen molar-refractivity contribution in [1.82, 2.24) is 4.98 Å². The van der Waals surface area contributed by atoms with Crippen LogP contribution in [0.3, 0.4) is 0 Å². The molecule has 0 unspecified atom stereocenters. The third-order valence-corrected chi connectivity index (χ3v) is 2.50. The first-order valence-electron chi connectivity index (χ1n) is 4.83. The molecule has 4 heteroatoms. The molecule has 0 aliphatic carbocycles. The van der Waals surface area contributed by atoms with Crippen molar-refractivity contribution in [1.29, 1.82) is 0 Å². The summed E-state index contributed by atoms with van der Waals surface area (Å²) in [5.74, 6) is 0. The molecule has 0 bridgehead atoms. The number of hydrogen-bond donors (Lipinski definition) is 1. The number of benzene rings is 1. The van der Waals surface area contributed by atoms with Gasteiger partial charge in [0.05, 0.1) is 5.52 Å². The van der Waals surface area contributed by atoms with E-state index in [0.29, 0.717) is 0 Å². The lowest BCUT2D eigenvalue weighted by atomic mass is 10.0. The van der Waals surface area contributed by atoms with Crippen LogP contribution in [-0.2, 0) is 0 Å². The molecule has 0 radical (unpaired) electrons. The maximum Gasteiger partial charge on any atom is 0.248 e. The van der Waals surface area contributed by atoms with Gasteiger partial charge in [-0.15, -0.1) is 0 Å². The van der Waals surface area contributed by atoms with Gasteiger partial charge in [-0.3, -0.25) is 4.79 Å². The zero-order chi connectivity index (χ0) is 12.3. The molecule has 2 aromatic rings. The first-order chi connectivity index (χ1) is 7.58. The number of aryl methyl sites for hydroxylation is 3. The molecule has 0 fully saturated rings. The van der Waals surface area contributed by atoms with Crippen LogP contribution < -0.4 is 5.56 Å². The summed E-state index contributed by atoms with van der Waals surface area (Å²) in [7, 11) is 0. The number of hydrogen-bond acceptors (Lipinski definition) is 1. The standard InChI is InChI=1S/C12H13NO.Br2/c1-7-4-9(3)12-10(5-7)8(2)6-11(14)13-12;1-2/h4-6H,1-3H3,(H,13,14);. The average molecular weight is 347 g/mol. The van der Waals surface area contributed by atoms with E-state index in [4.69, 9.17) is 0 Å². The van der Waals surface area contributed by atoms with Crippen molar-refractivity contribution < 1.29 is 0 Å². The molecule has 2 rings (SSSR count). The SMILES string of the molecule is BrBr.Cc1cc(C)c2[nH]c(=O)cc(C)c2c1. The molecule has 0 atom stereocenters. The Kier molecular flexibility index (Phi) is 4.74. The molecular weight excluding hydrogens is 334 g/mol. The molecule has 1 heterocycles. The van der Waals surface area contributed by atoms with Gasteiger partial charge in [-0.1, -0.05) is 11.6 Å². The van der Waals surface area contributed by atoms with Gasteiger partial charge in [0.25, 0.3) is 0 Å². The van der Waals surface area contributed by atoms with Crippen LogP contribution in [0.25, 0.3) is 10.9 Å². The highest BCUT2D eigenvalue weighted by molar-refractivity contribution is 9.93. The van der Waals surface area contributed by atoms with Crippen LogP contribution >= 0.6 is 28.3 Å². The third-order valence-electron chi connectivity index (χ3n) is 2.50. The van der Waals surface area contributed by atoms with E-state index in [2.05, 4.69) is 52.3 Å². The average Bonchev–Trinajstić information content (AvgIpc) is 2.23. The molecule has 0 amide bonds. The number of aromatic nitrogens is 1. The highest BCUT2D eigenvalue weighted by Crippen LogP contribution is 2.19. The van der Waals surface area contributed by atoms with E-state index in [9.17, 15) is 4.79 Å². The first kappa shape index (κ1) is 13.5. The Hall–Kier alpha value is -0.610. The first-order valence-corrected chi connectivity index (χ1v) is 8.54. The number of halogens is 2. The normalized spacial score (nSPS) is 9.81. The lowest BCUT2D eigenvalue weighted by molar-refractivity contribution is 1.25. The molecule has 16 heavy (non-hydrogen) atoms. The minimum Gasteiger partial charge on any atom is -0.322 e. The smallest absolute Gasteiger partial charge is 0.248 e. The van der Waals surface area contributed by atoms with Gasteiger partial charge < -0.3 is 4.98 Å². The predicted molar refractivity (Wildman–Crippen MR) is 76.6 cm³/mol. The molecule has 0 aliphatic rings. The Morgan fingerprint density at radius 1 is 1.00 bits per heavy atom. The number of fused-ring (bicyclic) bond motifs is 1. The van der Waals surface area contributed by atoms with Gasteiger partial charge in [0, 0.05) is 39.7 Å². The van der Waals surface area contributed by atoms with Crippen LogP contribution in [0, 0.1) is 20.8 Å². The van der Waals surface area contributed by atoms with Crippen molar-refractivity contribution in [3.8, 4) is 0 Å². The Morgan fingerprint density at radius 2 is 1.62 bits per heavy atom. The predicted octanol–water partition coefficient (Wildman–Crippen LogP) is 4.14. The van der Waals surface area contributed by atoms with Gasteiger partial charge >= 0.3 is 0 Å². The van der Waals surface area contributed by atoms with Crippen LogP contribution in [0.4, 0.5) is 0 Å². The summed E-state index contributed by atoms with van der Waals surface area (Å²) >= 11 is 5.50. The van der Waals surface area contributed by atoms with Gasteiger partial charge in [0.15, 0.2) is 0 Å². The molecule has 0 spiro atoms. The van der Waals surface area contributed by atoms with E-state index in [0.717, 1.165) is 22.0 Å². The quantitative estimate of drug-likeness (QED) is 0.763. The highest BCUT2D eigenvalue weighted by Gasteiger charge is 2.02. The zero-order valence-corrected chi connectivity index (χ0v) is 12.6. The summed E-state index contributed by atoms with van der Waals surface area (Å²) in [5.41, 5.74) is 4.32. The fourth-order valence-corrected chi connectivity index (χ4v) is 1.88. The largest absolute Gasteiger partial charge is 0.322 e. The van der Waals surface area contributed by atoms with E-state index in [1.165, 1.54) is 5.56 Å².